The molecular formula is C21H24BNO5. The Morgan fingerprint density at radius 3 is 2.71 bits per heavy atom. The highest BCUT2D eigenvalue weighted by molar-refractivity contribution is 6.64. The van der Waals surface area contributed by atoms with Crippen molar-refractivity contribution < 1.29 is 23.6 Å². The van der Waals surface area contributed by atoms with Gasteiger partial charge in [-0.15, -0.1) is 0 Å². The molecule has 0 spiro atoms. The molecule has 0 radical (unpaired) electrons. The molecule has 0 aromatic heterocycles. The topological polar surface area (TPSA) is 66.0 Å². The lowest BCUT2D eigenvalue weighted by atomic mass is 9.76. The van der Waals surface area contributed by atoms with Crippen LogP contribution in [0.15, 0.2) is 42.5 Å². The maximum absolute atomic E-state index is 12.1. The van der Waals surface area contributed by atoms with Crippen LogP contribution in [0.2, 0.25) is 0 Å². The Hall–Kier alpha value is -2.51. The van der Waals surface area contributed by atoms with E-state index in [1.807, 2.05) is 63.2 Å². The van der Waals surface area contributed by atoms with Crippen molar-refractivity contribution in [3.8, 4) is 16.9 Å². The highest BCUT2D eigenvalue weighted by Gasteiger charge is 2.43. The van der Waals surface area contributed by atoms with E-state index in [0.717, 1.165) is 27.9 Å². The lowest BCUT2D eigenvalue weighted by Crippen LogP contribution is -2.41. The minimum Gasteiger partial charge on any atom is -0.492 e. The zero-order valence-corrected chi connectivity index (χ0v) is 16.4. The van der Waals surface area contributed by atoms with Gasteiger partial charge in [0.1, 0.15) is 25.1 Å². The molecule has 1 N–H and O–H groups in total. The molecule has 4 rings (SSSR count). The first-order valence-corrected chi connectivity index (χ1v) is 9.49. The quantitative estimate of drug-likeness (QED) is 0.828. The van der Waals surface area contributed by atoms with Gasteiger partial charge in [0.05, 0.1) is 6.61 Å². The molecule has 2 aromatic rings. The molecule has 0 fully saturated rings. The lowest BCUT2D eigenvalue weighted by Gasteiger charge is -2.22. The van der Waals surface area contributed by atoms with Crippen molar-refractivity contribution in [3.05, 3.63) is 48.0 Å². The number of benzene rings is 2. The summed E-state index contributed by atoms with van der Waals surface area (Å²) in [5, 5.41) is 2.80. The van der Waals surface area contributed by atoms with E-state index in [1.54, 1.807) is 0 Å². The molecule has 146 valence electrons. The molecule has 1 amide bonds. The van der Waals surface area contributed by atoms with Crippen LogP contribution in [0.4, 0.5) is 4.79 Å². The van der Waals surface area contributed by atoms with Gasteiger partial charge in [0.25, 0.3) is 0 Å². The number of nitrogens with one attached hydrogen (secondary N) is 1. The second-order valence-corrected chi connectivity index (χ2v) is 7.95. The van der Waals surface area contributed by atoms with Crippen molar-refractivity contribution >= 4 is 18.7 Å². The average molecular weight is 381 g/mol. The number of carbonyl (C=O) groups is 1. The van der Waals surface area contributed by atoms with Gasteiger partial charge in [0.2, 0.25) is 0 Å². The molecule has 0 unspecified atom stereocenters. The van der Waals surface area contributed by atoms with E-state index in [1.165, 1.54) is 0 Å². The molecule has 1 atom stereocenters. The maximum Gasteiger partial charge on any atom is 0.498 e. The molecule has 28 heavy (non-hydrogen) atoms. The third kappa shape index (κ3) is 3.86. The van der Waals surface area contributed by atoms with Crippen molar-refractivity contribution in [2.75, 3.05) is 19.8 Å². The number of amides is 1. The summed E-state index contributed by atoms with van der Waals surface area (Å²) in [7, 11) is -0.518. The Labute approximate surface area is 165 Å². The zero-order valence-electron chi connectivity index (χ0n) is 16.4. The molecule has 2 aliphatic heterocycles. The normalized spacial score (nSPS) is 18.1. The summed E-state index contributed by atoms with van der Waals surface area (Å²) in [6, 6.07) is 14.1. The van der Waals surface area contributed by atoms with E-state index >= 15 is 0 Å². The summed E-state index contributed by atoms with van der Waals surface area (Å²) < 4.78 is 23.3. The summed E-state index contributed by atoms with van der Waals surface area (Å²) in [6.07, 6.45) is -0.898. The Kier molecular flexibility index (Phi) is 5.04. The number of rotatable bonds is 3. The highest BCUT2D eigenvalue weighted by atomic mass is 16.6. The van der Waals surface area contributed by atoms with Gasteiger partial charge >= 0.3 is 13.2 Å². The Bertz CT molecular complexity index is 865. The molecule has 2 heterocycles. The van der Waals surface area contributed by atoms with Crippen molar-refractivity contribution in [2.45, 2.75) is 32.4 Å². The first-order valence-electron chi connectivity index (χ1n) is 9.49. The average Bonchev–Trinajstić information content (AvgIpc) is 2.89. The highest BCUT2D eigenvalue weighted by Crippen LogP contribution is 2.37. The molecule has 0 saturated carbocycles. The van der Waals surface area contributed by atoms with Gasteiger partial charge in [0.15, 0.2) is 0 Å². The Morgan fingerprint density at radius 1 is 1.18 bits per heavy atom. The van der Waals surface area contributed by atoms with Crippen molar-refractivity contribution in [2.24, 2.45) is 0 Å². The van der Waals surface area contributed by atoms with Crippen LogP contribution in [0.1, 0.15) is 32.4 Å². The first kappa shape index (κ1) is 18.8. The number of hydrogen-bond acceptors (Lipinski definition) is 5. The van der Waals surface area contributed by atoms with Gasteiger partial charge in [-0.2, -0.15) is 0 Å². The third-order valence-electron chi connectivity index (χ3n) is 4.63. The van der Waals surface area contributed by atoms with Crippen molar-refractivity contribution in [1.82, 2.24) is 5.32 Å². The van der Waals surface area contributed by atoms with E-state index < -0.39 is 19.3 Å². The molecule has 0 aliphatic carbocycles. The minimum atomic E-state index is -0.518. The van der Waals surface area contributed by atoms with Crippen LogP contribution in [0.25, 0.3) is 11.1 Å². The van der Waals surface area contributed by atoms with Crippen LogP contribution in [-0.4, -0.2) is 38.6 Å². The predicted molar refractivity (Wildman–Crippen MR) is 107 cm³/mol. The van der Waals surface area contributed by atoms with Crippen molar-refractivity contribution in [1.29, 1.82) is 0 Å². The maximum atomic E-state index is 12.1. The van der Waals surface area contributed by atoms with Gasteiger partial charge < -0.3 is 24.1 Å². The van der Waals surface area contributed by atoms with Crippen LogP contribution in [0, 0.1) is 0 Å². The van der Waals surface area contributed by atoms with Gasteiger partial charge in [-0.25, -0.2) is 4.79 Å². The van der Waals surface area contributed by atoms with Crippen LogP contribution in [0.3, 0.4) is 0 Å². The molecule has 6 nitrogen and oxygen atoms in total. The van der Waals surface area contributed by atoms with Gasteiger partial charge in [-0.1, -0.05) is 36.4 Å². The molecule has 2 aromatic carbocycles. The summed E-state index contributed by atoms with van der Waals surface area (Å²) >= 11 is 0. The van der Waals surface area contributed by atoms with E-state index in [2.05, 4.69) is 5.32 Å². The summed E-state index contributed by atoms with van der Waals surface area (Å²) in [5.74, 6) is 0.763. The smallest absolute Gasteiger partial charge is 0.492 e. The fourth-order valence-corrected chi connectivity index (χ4v) is 3.53. The van der Waals surface area contributed by atoms with Crippen LogP contribution in [-0.2, 0) is 14.0 Å². The van der Waals surface area contributed by atoms with Crippen molar-refractivity contribution in [3.63, 3.8) is 0 Å². The molecule has 7 heteroatoms. The number of alkyl carbamates (subject to hydrolysis) is 1. The Morgan fingerprint density at radius 2 is 1.96 bits per heavy atom. The second kappa shape index (κ2) is 7.49. The van der Waals surface area contributed by atoms with Crippen LogP contribution < -0.4 is 15.5 Å². The summed E-state index contributed by atoms with van der Waals surface area (Å²) in [6.45, 7) is 6.73. The molecular weight excluding hydrogens is 357 g/mol. The SMILES string of the molecule is CC(C)(C)NC(=O)OC[C@H]1OB2OCCOc3ccc(-c4ccccc4)c1c32. The van der Waals surface area contributed by atoms with Gasteiger partial charge in [-0.3, -0.25) is 0 Å². The summed E-state index contributed by atoms with van der Waals surface area (Å²) in [4.78, 5) is 12.1. The number of hydrogen-bond donors (Lipinski definition) is 1. The third-order valence-corrected chi connectivity index (χ3v) is 4.63. The van der Waals surface area contributed by atoms with E-state index in [-0.39, 0.29) is 12.1 Å². The minimum absolute atomic E-state index is 0.0953. The zero-order chi connectivity index (χ0) is 19.7. The van der Waals surface area contributed by atoms with Gasteiger partial charge in [0, 0.05) is 11.0 Å². The second-order valence-electron chi connectivity index (χ2n) is 7.95. The van der Waals surface area contributed by atoms with Crippen LogP contribution in [0.5, 0.6) is 5.75 Å². The fraction of sp³-hybridized carbons (Fsp3) is 0.381. The first-order chi connectivity index (χ1) is 13.4. The van der Waals surface area contributed by atoms with Crippen LogP contribution >= 0.6 is 0 Å². The van der Waals surface area contributed by atoms with E-state index in [4.69, 9.17) is 18.8 Å². The largest absolute Gasteiger partial charge is 0.498 e. The van der Waals surface area contributed by atoms with Gasteiger partial charge in [-0.05, 0) is 43.5 Å². The Balaban J connectivity index is 1.67. The fourth-order valence-electron chi connectivity index (χ4n) is 3.53. The molecule has 0 saturated heterocycles. The number of carbonyl (C=O) groups excluding carboxylic acids is 1. The molecule has 2 aliphatic rings. The lowest BCUT2D eigenvalue weighted by molar-refractivity contribution is 0.0671. The number of ether oxygens (including phenoxy) is 2. The monoisotopic (exact) mass is 381 g/mol. The molecule has 0 bridgehead atoms. The summed E-state index contributed by atoms with van der Waals surface area (Å²) in [5.41, 5.74) is 3.58. The predicted octanol–water partition coefficient (Wildman–Crippen LogP) is 3.05. The van der Waals surface area contributed by atoms with E-state index in [9.17, 15) is 4.79 Å². The standard InChI is InChI=1S/C21H24BNO5/c1-21(2,3)23-20(24)26-13-17-18-15(14-7-5-4-6-8-14)9-10-16-19(18)22(28-17)27-12-11-25-16/h4-10,17H,11-13H2,1-3H3,(H,23,24)/t17-/m1/s1. The van der Waals surface area contributed by atoms with E-state index in [0.29, 0.717) is 13.2 Å².